The fraction of sp³-hybridized carbons (Fsp3) is 0.500. The van der Waals surface area contributed by atoms with E-state index in [9.17, 15) is 14.4 Å². The molecule has 0 radical (unpaired) electrons. The van der Waals surface area contributed by atoms with Gasteiger partial charge in [-0.1, -0.05) is 25.4 Å². The predicted octanol–water partition coefficient (Wildman–Crippen LogP) is 3.32. The van der Waals surface area contributed by atoms with Crippen molar-refractivity contribution in [1.29, 1.82) is 0 Å². The summed E-state index contributed by atoms with van der Waals surface area (Å²) in [6, 6.07) is 1.78. The standard InChI is InChI=1S/C18H21ClO5/c1-4-10-6-15-17(13(5-2)18(10)19)14(21)9-12(24-15)7-11(20)8-16(22)23-3/h6,12H,4-5,7-9H2,1-3H3. The van der Waals surface area contributed by atoms with Crippen molar-refractivity contribution in [2.24, 2.45) is 0 Å². The normalized spacial score (nSPS) is 16.3. The largest absolute Gasteiger partial charge is 0.489 e. The number of carbonyl (C=O) groups excluding carboxylic acids is 3. The van der Waals surface area contributed by atoms with Crippen LogP contribution in [0, 0.1) is 0 Å². The summed E-state index contributed by atoms with van der Waals surface area (Å²) in [6.45, 7) is 3.93. The van der Waals surface area contributed by atoms with Gasteiger partial charge in [0.15, 0.2) is 5.78 Å². The molecule has 0 saturated carbocycles. The van der Waals surface area contributed by atoms with Crippen molar-refractivity contribution < 1.29 is 23.9 Å². The van der Waals surface area contributed by atoms with E-state index in [0.717, 1.165) is 17.5 Å². The van der Waals surface area contributed by atoms with Crippen LogP contribution in [0.15, 0.2) is 6.07 Å². The molecule has 0 saturated heterocycles. The number of benzene rings is 1. The second-order valence-corrected chi connectivity index (χ2v) is 6.15. The summed E-state index contributed by atoms with van der Waals surface area (Å²) in [6.07, 6.45) is 0.607. The molecule has 0 fully saturated rings. The summed E-state index contributed by atoms with van der Waals surface area (Å²) in [5.74, 6) is -0.479. The number of aryl methyl sites for hydroxylation is 1. The van der Waals surface area contributed by atoms with Crippen molar-refractivity contribution in [3.8, 4) is 5.75 Å². The molecule has 2 rings (SSSR count). The van der Waals surface area contributed by atoms with Crippen LogP contribution in [0.1, 0.15) is 54.6 Å². The average molecular weight is 353 g/mol. The third-order valence-electron chi connectivity index (χ3n) is 4.14. The number of ether oxygens (including phenoxy) is 2. The average Bonchev–Trinajstić information content (AvgIpc) is 2.54. The number of Topliss-reactive ketones (excluding diaryl/α,β-unsaturated/α-hetero) is 2. The van der Waals surface area contributed by atoms with Crippen LogP contribution in [-0.2, 0) is 27.2 Å². The second kappa shape index (κ2) is 7.79. The zero-order valence-electron chi connectivity index (χ0n) is 14.1. The summed E-state index contributed by atoms with van der Waals surface area (Å²) in [4.78, 5) is 35.6. The van der Waals surface area contributed by atoms with Crippen molar-refractivity contribution in [3.05, 3.63) is 27.8 Å². The number of ketones is 2. The molecular weight excluding hydrogens is 332 g/mol. The first-order valence-corrected chi connectivity index (χ1v) is 8.41. The molecule has 6 heteroatoms. The van der Waals surface area contributed by atoms with Gasteiger partial charge in [-0.15, -0.1) is 0 Å². The first-order chi connectivity index (χ1) is 11.4. The Labute approximate surface area is 146 Å². The van der Waals surface area contributed by atoms with Crippen molar-refractivity contribution >= 4 is 29.1 Å². The molecule has 0 aliphatic carbocycles. The van der Waals surface area contributed by atoms with Gasteiger partial charge in [0.2, 0.25) is 0 Å². The zero-order valence-corrected chi connectivity index (χ0v) is 14.9. The van der Waals surface area contributed by atoms with E-state index < -0.39 is 12.1 Å². The molecule has 1 aliphatic rings. The number of esters is 1. The lowest BCUT2D eigenvalue weighted by Crippen LogP contribution is -2.31. The smallest absolute Gasteiger partial charge is 0.313 e. The number of fused-ring (bicyclic) bond motifs is 1. The van der Waals surface area contributed by atoms with E-state index in [-0.39, 0.29) is 30.8 Å². The van der Waals surface area contributed by atoms with Crippen LogP contribution in [-0.4, -0.2) is 30.7 Å². The molecule has 1 aliphatic heterocycles. The lowest BCUT2D eigenvalue weighted by molar-refractivity contribution is -0.143. The van der Waals surface area contributed by atoms with Crippen LogP contribution in [0.4, 0.5) is 0 Å². The number of carbonyl (C=O) groups is 3. The van der Waals surface area contributed by atoms with Gasteiger partial charge in [0.1, 0.15) is 24.1 Å². The van der Waals surface area contributed by atoms with E-state index in [1.54, 1.807) is 6.07 Å². The third-order valence-corrected chi connectivity index (χ3v) is 4.62. The van der Waals surface area contributed by atoms with E-state index in [4.69, 9.17) is 16.3 Å². The Morgan fingerprint density at radius 1 is 1.33 bits per heavy atom. The van der Waals surface area contributed by atoms with Crippen LogP contribution in [0.3, 0.4) is 0 Å². The molecule has 1 aromatic carbocycles. The monoisotopic (exact) mass is 352 g/mol. The maximum absolute atomic E-state index is 12.5. The van der Waals surface area contributed by atoms with Gasteiger partial charge in [0.25, 0.3) is 0 Å². The second-order valence-electron chi connectivity index (χ2n) is 5.77. The van der Waals surface area contributed by atoms with Gasteiger partial charge in [-0.2, -0.15) is 0 Å². The molecule has 1 heterocycles. The summed E-state index contributed by atoms with van der Waals surface area (Å²) >= 11 is 6.39. The van der Waals surface area contributed by atoms with E-state index in [1.165, 1.54) is 7.11 Å². The third kappa shape index (κ3) is 3.78. The van der Waals surface area contributed by atoms with E-state index in [1.807, 2.05) is 13.8 Å². The lowest BCUT2D eigenvalue weighted by atomic mass is 9.90. The van der Waals surface area contributed by atoms with Gasteiger partial charge in [-0.3, -0.25) is 14.4 Å². The maximum atomic E-state index is 12.5. The molecule has 0 bridgehead atoms. The topological polar surface area (TPSA) is 69.7 Å². The summed E-state index contributed by atoms with van der Waals surface area (Å²) in [5.41, 5.74) is 2.24. The van der Waals surface area contributed by atoms with Gasteiger partial charge in [0.05, 0.1) is 12.7 Å². The SMILES string of the molecule is CCc1cc2c(c(CC)c1Cl)C(=O)CC(CC(=O)CC(=O)OC)O2. The Balaban J connectivity index is 2.25. The van der Waals surface area contributed by atoms with Gasteiger partial charge in [0, 0.05) is 17.9 Å². The van der Waals surface area contributed by atoms with Crippen LogP contribution < -0.4 is 4.74 Å². The Bertz CT molecular complexity index is 680. The maximum Gasteiger partial charge on any atom is 0.313 e. The van der Waals surface area contributed by atoms with E-state index >= 15 is 0 Å². The number of halogens is 1. The Morgan fingerprint density at radius 2 is 2.04 bits per heavy atom. The quantitative estimate of drug-likeness (QED) is 0.580. The van der Waals surface area contributed by atoms with Crippen molar-refractivity contribution in [2.45, 2.75) is 52.1 Å². The molecular formula is C18H21ClO5. The first-order valence-electron chi connectivity index (χ1n) is 8.03. The zero-order chi connectivity index (χ0) is 17.9. The molecule has 130 valence electrons. The van der Waals surface area contributed by atoms with Crippen molar-refractivity contribution in [1.82, 2.24) is 0 Å². The number of hydrogen-bond donors (Lipinski definition) is 0. The fourth-order valence-electron chi connectivity index (χ4n) is 2.94. The predicted molar refractivity (Wildman–Crippen MR) is 89.8 cm³/mol. The summed E-state index contributed by atoms with van der Waals surface area (Å²) in [5, 5.41) is 0.621. The number of rotatable bonds is 6. The Kier molecular flexibility index (Phi) is 5.99. The molecule has 1 atom stereocenters. The highest BCUT2D eigenvalue weighted by Gasteiger charge is 2.32. The molecule has 1 aromatic rings. The van der Waals surface area contributed by atoms with Crippen molar-refractivity contribution in [2.75, 3.05) is 7.11 Å². The van der Waals surface area contributed by atoms with Gasteiger partial charge >= 0.3 is 5.97 Å². The fourth-order valence-corrected chi connectivity index (χ4v) is 3.35. The molecule has 0 aromatic heterocycles. The van der Waals surface area contributed by atoms with Gasteiger partial charge < -0.3 is 9.47 Å². The van der Waals surface area contributed by atoms with Crippen LogP contribution in [0.25, 0.3) is 0 Å². The van der Waals surface area contributed by atoms with E-state index in [0.29, 0.717) is 22.8 Å². The molecule has 0 spiro atoms. The number of methoxy groups -OCH3 is 1. The number of hydrogen-bond acceptors (Lipinski definition) is 5. The molecule has 0 N–H and O–H groups in total. The van der Waals surface area contributed by atoms with Crippen LogP contribution >= 0.6 is 11.6 Å². The summed E-state index contributed by atoms with van der Waals surface area (Å²) in [7, 11) is 1.23. The highest BCUT2D eigenvalue weighted by atomic mass is 35.5. The molecule has 5 nitrogen and oxygen atoms in total. The van der Waals surface area contributed by atoms with Crippen LogP contribution in [0.2, 0.25) is 5.02 Å². The van der Waals surface area contributed by atoms with Crippen molar-refractivity contribution in [3.63, 3.8) is 0 Å². The highest BCUT2D eigenvalue weighted by Crippen LogP contribution is 2.38. The molecule has 24 heavy (non-hydrogen) atoms. The Morgan fingerprint density at radius 3 is 2.62 bits per heavy atom. The van der Waals surface area contributed by atoms with Crippen LogP contribution in [0.5, 0.6) is 5.75 Å². The first kappa shape index (κ1) is 18.5. The molecule has 1 unspecified atom stereocenters. The minimum absolute atomic E-state index is 0.00578. The molecule has 0 amide bonds. The Hall–Kier alpha value is -1.88. The summed E-state index contributed by atoms with van der Waals surface area (Å²) < 4.78 is 10.4. The lowest BCUT2D eigenvalue weighted by Gasteiger charge is -2.27. The van der Waals surface area contributed by atoms with Gasteiger partial charge in [-0.25, -0.2) is 0 Å². The highest BCUT2D eigenvalue weighted by molar-refractivity contribution is 6.33. The minimum atomic E-state index is -0.587. The van der Waals surface area contributed by atoms with Gasteiger partial charge in [-0.05, 0) is 30.0 Å². The van der Waals surface area contributed by atoms with E-state index in [2.05, 4.69) is 4.74 Å². The minimum Gasteiger partial charge on any atom is -0.489 e.